The van der Waals surface area contributed by atoms with Crippen molar-refractivity contribution in [2.45, 2.75) is 144 Å². The second-order valence-electron chi connectivity index (χ2n) is 31.0. The molecule has 58 nitrogen and oxygen atoms in total. The van der Waals surface area contributed by atoms with Crippen LogP contribution in [0, 0.1) is 0 Å². The third-order valence-electron chi connectivity index (χ3n) is 22.4. The van der Waals surface area contributed by atoms with Crippen LogP contribution in [0.15, 0.2) is 70.0 Å². The molecule has 10 fully saturated rings. The van der Waals surface area contributed by atoms with Crippen LogP contribution in [0.5, 0.6) is 0 Å². The minimum Gasteiger partial charge on any atom is -0.397 e. The van der Waals surface area contributed by atoms with Gasteiger partial charge in [-0.25, -0.2) is 52.1 Å². The maximum absolute atomic E-state index is 16.0. The lowest BCUT2D eigenvalue weighted by Crippen LogP contribution is -2.45. The number of nitrogens with zero attached hydrogens (tertiary/aromatic N) is 21. The van der Waals surface area contributed by atoms with Crippen LogP contribution in [0.1, 0.15) is 47.7 Å². The molecule has 0 aliphatic carbocycles. The van der Waals surface area contributed by atoms with Crippen molar-refractivity contribution in [1.82, 2.24) is 119 Å². The number of nitrogen functional groups attached to an aromatic ring is 6. The van der Waals surface area contributed by atoms with Gasteiger partial charge in [0, 0.05) is 18.8 Å². The average Bonchev–Trinajstić information content (AvgIpc) is 1.55. The van der Waals surface area contributed by atoms with Gasteiger partial charge < -0.3 is 120 Å². The number of aliphatic hydroxyl groups excluding tert-OH is 2. The van der Waals surface area contributed by atoms with Gasteiger partial charge in [0.2, 0.25) is 17.8 Å². The highest BCUT2D eigenvalue weighted by molar-refractivity contribution is 8.44. The Bertz CT molecular complexity index is 7210. The Hall–Kier alpha value is -7.07. The summed E-state index contributed by atoms with van der Waals surface area (Å²) in [6, 6.07) is 4.70. The number of ether oxygens (including phenoxy) is 5. The zero-order valence-corrected chi connectivity index (χ0v) is 79.3. The fraction of sp³-hybridized carbons (Fsp3) is 0.508. The summed E-state index contributed by atoms with van der Waals surface area (Å²) in [7, 11) is 0. The van der Waals surface area contributed by atoms with Crippen LogP contribution in [0.2, 0.25) is 0 Å². The molecule has 135 heavy (non-hydrogen) atoms. The number of rotatable bonds is 6. The van der Waals surface area contributed by atoms with E-state index in [4.69, 9.17) is 171 Å². The first-order valence-electron chi connectivity index (χ1n) is 39.3. The number of imidazole rings is 3. The highest BCUT2D eigenvalue weighted by Gasteiger charge is 2.66. The van der Waals surface area contributed by atoms with Gasteiger partial charge in [-0.05, 0) is 77.2 Å². The number of aliphatic hydroxyl groups is 2. The zero-order chi connectivity index (χ0) is 95.0. The number of pyridine rings is 2. The fourth-order valence-electron chi connectivity index (χ4n) is 16.3. The lowest BCUT2D eigenvalue weighted by atomic mass is 10.0. The molecule has 10 aliphatic rings. The Morgan fingerprint density at radius 1 is 0.481 bits per heavy atom. The van der Waals surface area contributed by atoms with Crippen LogP contribution in [0.25, 0.3) is 61.5 Å². The number of fused-ring (bicyclic) bond motifs is 14. The van der Waals surface area contributed by atoms with E-state index in [2.05, 4.69) is 103 Å². The molecular weight excluding hydrogens is 2080 g/mol. The molecule has 22 rings (SSSR count). The standard InChI is InChI=1S/C22H24FN9O10P2S2.C20H24N10O9P2S3.C19H22FN11O9P2S3/c23-10-9-3-37-43(34,45)42-15-14-20(31-6-27-11-8(24)1-2-26-16(11)31)40-22(15,4-36-14)5-38-44(35,46)41-13(10)19(39-9)32-7-28-12-17(32)29-21(25)30-18(12)33;21-7-1-2-24-29-8(4-23-16(7)29)9-3-10-11(37-9)5-35-41(34,43)39-15-14(31)12(6-36-40(33,42)38-10)44-19(15)30-17-13(27-28-30)18(32)26-20(22)25-17;20-8-12-6(38-17(8)30-14-9(26-28-30)5(21)1-2-23-14)3-36-41(34,43)40-13-11(32)7(4-37-42(35,44)39-12)45-18(13)31-15-10(27-29-31)16(33)25-19(22)24-15/h1-2,6-7,9-10,13-15,19-20H,3-5H2,(H2,24,26)(H,34,45)(H,35,46)(H3,25,29,30,33);1-2,4,9-12,14-15,19,31H,3,5-6,21H2,(H,33,42)(H,34,43)(H3,22,25,26,32);1-2,6-8,11-13,17-18,32H,3-4H2,(H2,21,23)(H,34,43)(H,35,44)(H3,22,24,25,33)/t9-,10-,13-,14-,15+,19-,20-,22-,43?,44?;9-,10+,11-,12-,14-,15-,19-,40?,41?;6-,7-,8+,11-,12-,13-,17-,18-,41?,42?/m111/s1. The molecule has 22 heterocycles. The van der Waals surface area contributed by atoms with Crippen LogP contribution in [-0.4, -0.2) is 301 Å². The molecule has 22 N–H and O–H groups in total. The van der Waals surface area contributed by atoms with Gasteiger partial charge in [-0.2, -0.15) is 24.7 Å². The van der Waals surface area contributed by atoms with E-state index >= 15 is 8.78 Å². The first-order chi connectivity index (χ1) is 64.1. The minimum atomic E-state index is -4.43. The van der Waals surface area contributed by atoms with E-state index in [1.165, 1.54) is 49.4 Å². The van der Waals surface area contributed by atoms with Gasteiger partial charge in [-0.15, -0.1) is 38.8 Å². The third kappa shape index (κ3) is 18.3. The van der Waals surface area contributed by atoms with Gasteiger partial charge in [-0.1, -0.05) is 27.9 Å². The largest absolute Gasteiger partial charge is 0.397 e. The monoisotopic (exact) mass is 2150 g/mol. The number of H-pyrrole nitrogens is 3. The molecule has 12 aromatic rings. The van der Waals surface area contributed by atoms with E-state index in [0.717, 1.165) is 34.5 Å². The number of thioether (sulfide) groups is 2. The second kappa shape index (κ2) is 36.2. The van der Waals surface area contributed by atoms with Crippen LogP contribution < -0.4 is 51.1 Å². The molecule has 6 unspecified atom stereocenters. The van der Waals surface area contributed by atoms with E-state index < -0.39 is 221 Å². The van der Waals surface area contributed by atoms with Crippen molar-refractivity contribution in [2.75, 3.05) is 80.7 Å². The number of hydrogen-bond acceptors (Lipinski definition) is 51. The van der Waals surface area contributed by atoms with Gasteiger partial charge in [0.15, 0.2) is 87.0 Å². The SMILES string of the molecule is Nc1nc2c(ncn2[C@@H]2O[C@@H]3COP(O)(=S)O[C@H]4[C@H]5OC[C@]4(COP(=O)(S)O[C@@H]2[C@@H]3F)O[C@H]5n2cnc3c(N)ccnc32)c(=O)[nH]1.Nc1nc2c(nnn2[C@@H]2S[C@@H]3COP(O)(=S)O[C@H]4C[C@H](c5cnc6c(N)ccnn56)O[C@@H]4COP(O)(=S)O[C@@H]2[C@@H]3O)c(=O)[nH]1.Nc1nc2c(nnn2[C@@H]2S[C@@H]3COP(O)(=S)O[C@H]4[C@H](F)[C@H](n5nnc6c(N)ccnc65)O[C@@H]4COP(O)(=S)O[C@@H]2[C@@H]3O)c(=O)[nH]1. The molecule has 0 amide bonds. The number of aromatic amines is 3. The summed E-state index contributed by atoms with van der Waals surface area (Å²) in [4.78, 5) is 133. The lowest BCUT2D eigenvalue weighted by molar-refractivity contribution is -0.182. The number of thiol groups is 1. The van der Waals surface area contributed by atoms with Crippen LogP contribution >= 0.6 is 76.2 Å². The first-order valence-corrected chi connectivity index (χ1v) is 56.8. The molecule has 0 aromatic carbocycles. The summed E-state index contributed by atoms with van der Waals surface area (Å²) >= 11 is 32.6. The first kappa shape index (κ1) is 95.5. The summed E-state index contributed by atoms with van der Waals surface area (Å²) in [5, 5.41) is 46.7. The molecule has 10 saturated heterocycles. The quantitative estimate of drug-likeness (QED) is 0.0713. The molecule has 0 saturated carbocycles. The van der Waals surface area contributed by atoms with E-state index in [1.54, 1.807) is 22.9 Å². The zero-order valence-electron chi connectivity index (χ0n) is 67.4. The van der Waals surface area contributed by atoms with Crippen molar-refractivity contribution in [3.63, 3.8) is 0 Å². The van der Waals surface area contributed by atoms with Crippen molar-refractivity contribution in [3.05, 3.63) is 92.4 Å². The molecule has 0 spiro atoms. The number of nitrogens with one attached hydrogen (secondary N) is 3. The number of nitrogens with two attached hydrogens (primary N) is 6. The van der Waals surface area contributed by atoms with Crippen molar-refractivity contribution < 1.29 is 126 Å². The molecule has 12 aromatic heterocycles. The van der Waals surface area contributed by atoms with Gasteiger partial charge >= 0.3 is 40.4 Å². The third-order valence-corrected chi connectivity index (χ3v) is 34.9. The van der Waals surface area contributed by atoms with Gasteiger partial charge in [-0.3, -0.25) is 65.6 Å². The molecular formula is C61H70F2N30O28P6S8. The highest BCUT2D eigenvalue weighted by atomic mass is 32.7. The molecule has 74 heteroatoms. The fourth-order valence-corrected chi connectivity index (χ4v) is 28.3. The molecule has 29 atom stereocenters. The van der Waals surface area contributed by atoms with E-state index in [-0.39, 0.29) is 94.4 Å². The average molecular weight is 2150 g/mol. The summed E-state index contributed by atoms with van der Waals surface area (Å²) in [5.74, 6) is -0.643. The Morgan fingerprint density at radius 2 is 0.985 bits per heavy atom. The minimum absolute atomic E-state index is 0.00637. The van der Waals surface area contributed by atoms with Crippen molar-refractivity contribution >= 4 is 232 Å². The number of alkyl halides is 2. The van der Waals surface area contributed by atoms with Crippen molar-refractivity contribution in [1.29, 1.82) is 0 Å². The molecule has 8 bridgehead atoms. The predicted octanol–water partition coefficient (Wildman–Crippen LogP) is -0.840. The van der Waals surface area contributed by atoms with Crippen LogP contribution in [-0.2, 0) is 142 Å². The Morgan fingerprint density at radius 3 is 1.61 bits per heavy atom. The summed E-state index contributed by atoms with van der Waals surface area (Å²) < 4.78 is 152. The normalized spacial score (nSPS) is 38.0. The van der Waals surface area contributed by atoms with Crippen molar-refractivity contribution in [3.8, 4) is 0 Å². The number of anilines is 6. The number of aromatic nitrogens is 24. The molecule has 0 radical (unpaired) electrons. The smallest absolute Gasteiger partial charge is 0.386 e. The van der Waals surface area contributed by atoms with E-state index in [0.29, 0.717) is 33.9 Å². The predicted molar refractivity (Wildman–Crippen MR) is 482 cm³/mol. The van der Waals surface area contributed by atoms with Crippen LogP contribution in [0.3, 0.4) is 0 Å². The lowest BCUT2D eigenvalue weighted by Gasteiger charge is -2.33. The van der Waals surface area contributed by atoms with Gasteiger partial charge in [0.05, 0.1) is 123 Å². The summed E-state index contributed by atoms with van der Waals surface area (Å²) in [6.07, 6.45) is -15.0. The Labute approximate surface area is 787 Å². The maximum atomic E-state index is 16.0. The second-order valence-corrected chi connectivity index (χ2v) is 50.6. The van der Waals surface area contributed by atoms with E-state index in [9.17, 15) is 53.6 Å². The number of hydrogen-bond donors (Lipinski definition) is 17. The van der Waals surface area contributed by atoms with Gasteiger partial charge in [0.25, 0.3) is 16.7 Å². The van der Waals surface area contributed by atoms with Crippen LogP contribution in [0.4, 0.5) is 43.7 Å². The molecule has 10 aliphatic heterocycles. The Kier molecular flexibility index (Phi) is 25.6. The molecule has 724 valence electrons. The van der Waals surface area contributed by atoms with Gasteiger partial charge in [0.1, 0.15) is 82.9 Å². The summed E-state index contributed by atoms with van der Waals surface area (Å²) in [6.45, 7) is -28.0. The Balaban J connectivity index is 0.000000126. The highest BCUT2D eigenvalue weighted by Crippen LogP contribution is 2.64. The topological polar surface area (TPSA) is 793 Å². The van der Waals surface area contributed by atoms with E-state index in [1.807, 2.05) is 0 Å². The summed E-state index contributed by atoms with van der Waals surface area (Å²) in [5.41, 5.74) is 34.4. The number of halogens is 2. The maximum Gasteiger partial charge on any atom is 0.386 e. The van der Waals surface area contributed by atoms with Crippen molar-refractivity contribution in [2.24, 2.45) is 0 Å².